The van der Waals surface area contributed by atoms with E-state index in [0.717, 1.165) is 23.3 Å². The molecule has 3 rings (SSSR count). The van der Waals surface area contributed by atoms with E-state index in [0.29, 0.717) is 5.92 Å². The van der Waals surface area contributed by atoms with E-state index in [-0.39, 0.29) is 0 Å². The van der Waals surface area contributed by atoms with Crippen LogP contribution >= 0.6 is 27.3 Å². The summed E-state index contributed by atoms with van der Waals surface area (Å²) in [6.45, 7) is 2.23. The smallest absolute Gasteiger partial charge is 0.103 e. The highest BCUT2D eigenvalue weighted by molar-refractivity contribution is 9.10. The van der Waals surface area contributed by atoms with Crippen LogP contribution in [0, 0.1) is 0 Å². The molecule has 0 spiro atoms. The van der Waals surface area contributed by atoms with Gasteiger partial charge in [-0.25, -0.2) is 0 Å². The summed E-state index contributed by atoms with van der Waals surface area (Å²) in [6.07, 6.45) is 2.52. The molecule has 18 heavy (non-hydrogen) atoms. The van der Waals surface area contributed by atoms with Gasteiger partial charge in [0.25, 0.3) is 0 Å². The first-order valence-electron chi connectivity index (χ1n) is 6.23. The third-order valence-electron chi connectivity index (χ3n) is 3.45. The van der Waals surface area contributed by atoms with Gasteiger partial charge in [0.15, 0.2) is 0 Å². The average molecular weight is 326 g/mol. The van der Waals surface area contributed by atoms with Crippen LogP contribution in [0.3, 0.4) is 0 Å². The van der Waals surface area contributed by atoms with Gasteiger partial charge < -0.3 is 5.32 Å². The van der Waals surface area contributed by atoms with Crippen LogP contribution in [0.2, 0.25) is 0 Å². The lowest BCUT2D eigenvalue weighted by Gasteiger charge is -2.22. The van der Waals surface area contributed by atoms with Gasteiger partial charge in [0.05, 0.1) is 4.88 Å². The zero-order chi connectivity index (χ0) is 12.5. The summed E-state index contributed by atoms with van der Waals surface area (Å²) < 4.78 is 3.18. The second-order valence-corrected chi connectivity index (χ2v) is 6.58. The average Bonchev–Trinajstić information content (AvgIpc) is 2.97. The summed E-state index contributed by atoms with van der Waals surface area (Å²) in [7, 11) is 2.05. The highest BCUT2D eigenvalue weighted by atomic mass is 79.9. The van der Waals surface area contributed by atoms with Gasteiger partial charge >= 0.3 is 0 Å². The molecule has 0 aromatic carbocycles. The van der Waals surface area contributed by atoms with Crippen LogP contribution < -0.4 is 5.32 Å². The molecule has 0 bridgehead atoms. The Morgan fingerprint density at radius 1 is 1.50 bits per heavy atom. The van der Waals surface area contributed by atoms with Gasteiger partial charge in [-0.15, -0.1) is 11.3 Å². The fourth-order valence-corrected chi connectivity index (χ4v) is 3.92. The molecule has 0 amide bonds. The number of hydrogen-bond donors (Lipinski definition) is 1. The minimum atomic E-state index is 0.605. The van der Waals surface area contributed by atoms with Crippen molar-refractivity contribution in [1.82, 2.24) is 15.1 Å². The molecule has 1 unspecified atom stereocenters. The predicted molar refractivity (Wildman–Crippen MR) is 79.1 cm³/mol. The van der Waals surface area contributed by atoms with Crippen molar-refractivity contribution in [3.63, 3.8) is 0 Å². The van der Waals surface area contributed by atoms with Crippen molar-refractivity contribution in [1.29, 1.82) is 0 Å². The van der Waals surface area contributed by atoms with Gasteiger partial charge in [0.1, 0.15) is 5.69 Å². The Morgan fingerprint density at radius 2 is 2.39 bits per heavy atom. The highest BCUT2D eigenvalue weighted by Crippen LogP contribution is 2.32. The second kappa shape index (κ2) is 5.15. The summed E-state index contributed by atoms with van der Waals surface area (Å²) >= 11 is 5.23. The summed E-state index contributed by atoms with van der Waals surface area (Å²) in [5.41, 5.74) is 2.44. The number of piperidine rings is 1. The molecular weight excluding hydrogens is 310 g/mol. The number of nitrogens with one attached hydrogen (secondary N) is 1. The maximum atomic E-state index is 4.65. The van der Waals surface area contributed by atoms with Crippen molar-refractivity contribution >= 4 is 27.3 Å². The van der Waals surface area contributed by atoms with E-state index in [9.17, 15) is 0 Å². The number of rotatable bonds is 2. The normalized spacial score (nSPS) is 20.2. The molecule has 1 aliphatic rings. The molecule has 0 aliphatic carbocycles. The number of hydrogen-bond acceptors (Lipinski definition) is 3. The first-order chi connectivity index (χ1) is 8.74. The van der Waals surface area contributed by atoms with E-state index in [1.54, 1.807) is 11.3 Å². The van der Waals surface area contributed by atoms with E-state index in [1.807, 2.05) is 4.68 Å². The Kier molecular flexibility index (Phi) is 3.54. The van der Waals surface area contributed by atoms with Gasteiger partial charge in [-0.3, -0.25) is 4.68 Å². The lowest BCUT2D eigenvalue weighted by molar-refractivity contribution is 0.441. The molecule has 2 aromatic heterocycles. The predicted octanol–water partition coefficient (Wildman–Crippen LogP) is 3.38. The summed E-state index contributed by atoms with van der Waals surface area (Å²) in [5, 5.41) is 10.2. The van der Waals surface area contributed by atoms with Crippen LogP contribution in [0.15, 0.2) is 22.0 Å². The molecule has 3 nitrogen and oxygen atoms in total. The van der Waals surface area contributed by atoms with Crippen LogP contribution in [0.25, 0.3) is 10.6 Å². The fraction of sp³-hybridized carbons (Fsp3) is 0.462. The molecule has 1 aliphatic heterocycles. The number of aromatic nitrogens is 2. The van der Waals surface area contributed by atoms with Gasteiger partial charge in [-0.1, -0.05) is 0 Å². The molecule has 1 saturated heterocycles. The summed E-state index contributed by atoms with van der Waals surface area (Å²) in [6, 6.07) is 4.38. The SMILES string of the molecule is Cn1nc(-c2cc(Br)cs2)cc1C1CCCNC1. The van der Waals surface area contributed by atoms with Crippen molar-refractivity contribution in [2.24, 2.45) is 7.05 Å². The lowest BCUT2D eigenvalue weighted by Crippen LogP contribution is -2.29. The van der Waals surface area contributed by atoms with E-state index in [4.69, 9.17) is 0 Å². The molecule has 1 atom stereocenters. The molecule has 2 aromatic rings. The Morgan fingerprint density at radius 3 is 3.06 bits per heavy atom. The second-order valence-electron chi connectivity index (χ2n) is 4.75. The van der Waals surface area contributed by atoms with Gasteiger partial charge in [-0.2, -0.15) is 5.10 Å². The van der Waals surface area contributed by atoms with E-state index >= 15 is 0 Å². The molecule has 96 valence electrons. The van der Waals surface area contributed by atoms with Crippen LogP contribution in [0.5, 0.6) is 0 Å². The van der Waals surface area contributed by atoms with Crippen molar-refractivity contribution in [3.05, 3.63) is 27.7 Å². The summed E-state index contributed by atoms with van der Waals surface area (Å²) in [4.78, 5) is 1.23. The first kappa shape index (κ1) is 12.4. The minimum absolute atomic E-state index is 0.605. The van der Waals surface area contributed by atoms with Crippen LogP contribution in [-0.2, 0) is 7.05 Å². The standard InChI is InChI=1S/C13H16BrN3S/c1-17-12(9-3-2-4-15-7-9)6-11(16-17)13-5-10(14)8-18-13/h5-6,8-9,15H,2-4,7H2,1H3. The number of halogens is 1. The first-order valence-corrected chi connectivity index (χ1v) is 7.90. The zero-order valence-corrected chi connectivity index (χ0v) is 12.7. The van der Waals surface area contributed by atoms with Crippen LogP contribution in [-0.4, -0.2) is 22.9 Å². The topological polar surface area (TPSA) is 29.9 Å². The zero-order valence-electron chi connectivity index (χ0n) is 10.3. The van der Waals surface area contributed by atoms with Crippen LogP contribution in [0.1, 0.15) is 24.5 Å². The third-order valence-corrected chi connectivity index (χ3v) is 5.16. The molecular formula is C13H16BrN3S. The Bertz CT molecular complexity index is 540. The van der Waals surface area contributed by atoms with Crippen molar-refractivity contribution in [2.45, 2.75) is 18.8 Å². The van der Waals surface area contributed by atoms with Crippen LogP contribution in [0.4, 0.5) is 0 Å². The van der Waals surface area contributed by atoms with E-state index < -0.39 is 0 Å². The monoisotopic (exact) mass is 325 g/mol. The van der Waals surface area contributed by atoms with Gasteiger partial charge in [-0.05, 0) is 47.4 Å². The molecule has 3 heterocycles. The lowest BCUT2D eigenvalue weighted by atomic mass is 9.96. The number of thiophene rings is 1. The molecule has 1 fully saturated rings. The largest absolute Gasteiger partial charge is 0.316 e. The minimum Gasteiger partial charge on any atom is -0.316 e. The third kappa shape index (κ3) is 2.39. The molecule has 5 heteroatoms. The van der Waals surface area contributed by atoms with Gasteiger partial charge in [0.2, 0.25) is 0 Å². The highest BCUT2D eigenvalue weighted by Gasteiger charge is 2.20. The maximum absolute atomic E-state index is 4.65. The Balaban J connectivity index is 1.90. The van der Waals surface area contributed by atoms with Crippen molar-refractivity contribution in [3.8, 4) is 10.6 Å². The van der Waals surface area contributed by atoms with Crippen molar-refractivity contribution in [2.75, 3.05) is 13.1 Å². The van der Waals surface area contributed by atoms with Crippen molar-refractivity contribution < 1.29 is 0 Å². The van der Waals surface area contributed by atoms with E-state index in [1.165, 1.54) is 23.4 Å². The number of aryl methyl sites for hydroxylation is 1. The maximum Gasteiger partial charge on any atom is 0.103 e. The Hall–Kier alpha value is -0.650. The molecule has 0 radical (unpaired) electrons. The Labute approximate surface area is 119 Å². The molecule has 1 N–H and O–H groups in total. The fourth-order valence-electron chi connectivity index (χ4n) is 2.54. The molecule has 0 saturated carbocycles. The quantitative estimate of drug-likeness (QED) is 0.917. The van der Waals surface area contributed by atoms with E-state index in [2.05, 4.69) is 50.9 Å². The number of nitrogens with zero attached hydrogens (tertiary/aromatic N) is 2. The van der Waals surface area contributed by atoms with Gasteiger partial charge in [0, 0.05) is 35.1 Å². The summed E-state index contributed by atoms with van der Waals surface area (Å²) in [5.74, 6) is 0.605.